The van der Waals surface area contributed by atoms with Crippen molar-refractivity contribution in [2.45, 2.75) is 19.2 Å². The van der Waals surface area contributed by atoms with Crippen LogP contribution in [0.1, 0.15) is 18.1 Å². The molecule has 8 nitrogen and oxygen atoms in total. The van der Waals surface area contributed by atoms with Gasteiger partial charge in [-0.1, -0.05) is 48.5 Å². The van der Waals surface area contributed by atoms with Crippen molar-refractivity contribution >= 4 is 11.1 Å². The molecule has 9 heteroatoms. The first-order valence-corrected chi connectivity index (χ1v) is 11.1. The first kappa shape index (κ1) is 22.7. The van der Waals surface area contributed by atoms with Crippen LogP contribution in [0.2, 0.25) is 0 Å². The van der Waals surface area contributed by atoms with Crippen LogP contribution in [0.4, 0.5) is 0 Å². The highest BCUT2D eigenvalue weighted by atomic mass is 32.2. The van der Waals surface area contributed by atoms with E-state index in [1.807, 2.05) is 37.3 Å². The normalized spacial score (nSPS) is 11.9. The monoisotopic (exact) mass is 444 g/mol. The Morgan fingerprint density at radius 3 is 2.23 bits per heavy atom. The molecule has 1 heterocycles. The van der Waals surface area contributed by atoms with Crippen LogP contribution in [-0.4, -0.2) is 37.7 Å². The highest BCUT2D eigenvalue weighted by Gasteiger charge is 2.22. The van der Waals surface area contributed by atoms with Gasteiger partial charge in [0.2, 0.25) is 5.88 Å². The molecule has 0 saturated carbocycles. The van der Waals surface area contributed by atoms with Crippen LogP contribution in [-0.2, 0) is 28.1 Å². The molecule has 0 fully saturated rings. The zero-order chi connectivity index (χ0) is 22.2. The second-order valence-electron chi connectivity index (χ2n) is 6.63. The Bertz CT molecular complexity index is 1140. The Morgan fingerprint density at radius 1 is 0.968 bits per heavy atom. The van der Waals surface area contributed by atoms with Gasteiger partial charge in [-0.25, -0.2) is 18.1 Å². The van der Waals surface area contributed by atoms with E-state index in [0.29, 0.717) is 12.3 Å². The van der Waals surface area contributed by atoms with Gasteiger partial charge in [-0.05, 0) is 24.6 Å². The van der Waals surface area contributed by atoms with E-state index in [-0.39, 0.29) is 31.1 Å². The van der Waals surface area contributed by atoms with Crippen molar-refractivity contribution in [1.82, 2.24) is 9.13 Å². The average molecular weight is 445 g/mol. The molecule has 3 rings (SSSR count). The SMILES string of the molecule is CCOCCOc1c(Cc2ccccc2)c(=O)n(CS(=O)O)c(=O)n1-c1ccccc1. The highest BCUT2D eigenvalue weighted by Crippen LogP contribution is 2.21. The van der Waals surface area contributed by atoms with Gasteiger partial charge in [0.25, 0.3) is 5.56 Å². The molecule has 1 unspecified atom stereocenters. The summed E-state index contributed by atoms with van der Waals surface area (Å²) in [5.41, 5.74) is 0.128. The van der Waals surface area contributed by atoms with Crippen molar-refractivity contribution in [3.8, 4) is 11.6 Å². The predicted molar refractivity (Wildman–Crippen MR) is 118 cm³/mol. The number of benzene rings is 2. The summed E-state index contributed by atoms with van der Waals surface area (Å²) in [6.07, 6.45) is 0.189. The average Bonchev–Trinajstić information content (AvgIpc) is 2.78. The number of nitrogens with zero attached hydrogens (tertiary/aromatic N) is 2. The number of ether oxygens (including phenoxy) is 2. The van der Waals surface area contributed by atoms with Gasteiger partial charge in [0.15, 0.2) is 11.1 Å². The Hall–Kier alpha value is -3.01. The zero-order valence-electron chi connectivity index (χ0n) is 17.1. The summed E-state index contributed by atoms with van der Waals surface area (Å²) in [7, 11) is 0. The lowest BCUT2D eigenvalue weighted by Crippen LogP contribution is -2.43. The van der Waals surface area contributed by atoms with Crippen LogP contribution in [0, 0.1) is 0 Å². The fraction of sp³-hybridized carbons (Fsp3) is 0.273. The van der Waals surface area contributed by atoms with Crippen LogP contribution in [0.25, 0.3) is 5.69 Å². The maximum Gasteiger partial charge on any atom is 0.339 e. The summed E-state index contributed by atoms with van der Waals surface area (Å²) in [5, 5.41) is 0. The molecule has 0 aliphatic carbocycles. The smallest absolute Gasteiger partial charge is 0.339 e. The first-order valence-electron chi connectivity index (χ1n) is 9.79. The lowest BCUT2D eigenvalue weighted by Gasteiger charge is -2.19. The topological polar surface area (TPSA) is 99.8 Å². The van der Waals surface area contributed by atoms with Crippen molar-refractivity contribution in [3.05, 3.63) is 92.6 Å². The second-order valence-corrected chi connectivity index (χ2v) is 7.53. The van der Waals surface area contributed by atoms with Gasteiger partial charge >= 0.3 is 5.69 Å². The number of aromatic nitrogens is 2. The summed E-state index contributed by atoms with van der Waals surface area (Å²) in [6.45, 7) is 2.79. The molecule has 31 heavy (non-hydrogen) atoms. The van der Waals surface area contributed by atoms with Crippen LogP contribution in [0.3, 0.4) is 0 Å². The van der Waals surface area contributed by atoms with Gasteiger partial charge in [0.1, 0.15) is 12.5 Å². The van der Waals surface area contributed by atoms with Gasteiger partial charge in [0, 0.05) is 13.0 Å². The van der Waals surface area contributed by atoms with E-state index >= 15 is 0 Å². The highest BCUT2D eigenvalue weighted by molar-refractivity contribution is 7.78. The van der Waals surface area contributed by atoms with Crippen molar-refractivity contribution in [1.29, 1.82) is 0 Å². The van der Waals surface area contributed by atoms with Crippen molar-refractivity contribution < 1.29 is 18.2 Å². The van der Waals surface area contributed by atoms with Gasteiger partial charge in [0.05, 0.1) is 17.9 Å². The molecule has 1 aromatic heterocycles. The second kappa shape index (κ2) is 10.9. The van der Waals surface area contributed by atoms with Gasteiger partial charge < -0.3 is 14.0 Å². The molecule has 0 radical (unpaired) electrons. The Kier molecular flexibility index (Phi) is 7.94. The van der Waals surface area contributed by atoms with E-state index in [2.05, 4.69) is 0 Å². The third-order valence-corrected chi connectivity index (χ3v) is 5.01. The zero-order valence-corrected chi connectivity index (χ0v) is 17.9. The molecular formula is C22H24N2O6S. The molecule has 164 valence electrons. The minimum Gasteiger partial charge on any atom is -0.476 e. The maximum atomic E-state index is 13.2. The quantitative estimate of drug-likeness (QED) is 0.380. The lowest BCUT2D eigenvalue weighted by atomic mass is 10.1. The van der Waals surface area contributed by atoms with Crippen LogP contribution in [0.5, 0.6) is 5.88 Å². The molecular weight excluding hydrogens is 420 g/mol. The number of rotatable bonds is 10. The van der Waals surface area contributed by atoms with Crippen molar-refractivity contribution in [3.63, 3.8) is 0 Å². The van der Waals surface area contributed by atoms with Crippen molar-refractivity contribution in [2.24, 2.45) is 0 Å². The molecule has 0 aliphatic heterocycles. The molecule has 1 atom stereocenters. The summed E-state index contributed by atoms with van der Waals surface area (Å²) in [5.74, 6) is -0.532. The Morgan fingerprint density at radius 2 is 1.61 bits per heavy atom. The molecule has 0 spiro atoms. The molecule has 0 saturated heterocycles. The number of hydrogen-bond acceptors (Lipinski definition) is 5. The van der Waals surface area contributed by atoms with Crippen LogP contribution in [0.15, 0.2) is 70.3 Å². The van der Waals surface area contributed by atoms with E-state index in [9.17, 15) is 18.4 Å². The summed E-state index contributed by atoms with van der Waals surface area (Å²) >= 11 is -2.38. The molecule has 3 aromatic rings. The summed E-state index contributed by atoms with van der Waals surface area (Å²) in [4.78, 5) is 26.4. The molecule has 0 bridgehead atoms. The van der Waals surface area contributed by atoms with E-state index in [1.54, 1.807) is 30.3 Å². The third kappa shape index (κ3) is 5.57. The number of para-hydroxylation sites is 1. The fourth-order valence-electron chi connectivity index (χ4n) is 3.16. The third-order valence-electron chi connectivity index (χ3n) is 4.53. The minimum atomic E-state index is -2.38. The number of hydrogen-bond donors (Lipinski definition) is 1. The summed E-state index contributed by atoms with van der Waals surface area (Å²) in [6, 6.07) is 18.0. The lowest BCUT2D eigenvalue weighted by molar-refractivity contribution is 0.106. The van der Waals surface area contributed by atoms with Gasteiger partial charge in [-0.3, -0.25) is 4.79 Å². The summed E-state index contributed by atoms with van der Waals surface area (Å²) < 4.78 is 34.1. The van der Waals surface area contributed by atoms with E-state index in [0.717, 1.165) is 10.1 Å². The minimum absolute atomic E-state index is 0.102. The van der Waals surface area contributed by atoms with E-state index in [4.69, 9.17) is 9.47 Å². The van der Waals surface area contributed by atoms with Crippen LogP contribution >= 0.6 is 0 Å². The Balaban J connectivity index is 2.25. The van der Waals surface area contributed by atoms with E-state index in [1.165, 1.54) is 4.57 Å². The largest absolute Gasteiger partial charge is 0.476 e. The van der Waals surface area contributed by atoms with Gasteiger partial charge in [-0.15, -0.1) is 0 Å². The molecule has 0 amide bonds. The fourth-order valence-corrected chi connectivity index (χ4v) is 3.61. The predicted octanol–water partition coefficient (Wildman–Crippen LogP) is 2.18. The molecule has 2 aromatic carbocycles. The van der Waals surface area contributed by atoms with Crippen LogP contribution < -0.4 is 16.0 Å². The standard InChI is InChI=1S/C22H24N2O6S/c1-2-29-13-14-30-21-19(15-17-9-5-3-6-10-17)20(25)23(16-31(27)28)22(26)24(21)18-11-7-4-8-12-18/h3-12H,2,13-16H2,1H3,(H,27,28). The molecule has 0 aliphatic rings. The maximum absolute atomic E-state index is 13.2. The first-order chi connectivity index (χ1) is 15.0. The van der Waals surface area contributed by atoms with Crippen molar-refractivity contribution in [2.75, 3.05) is 19.8 Å². The molecule has 1 N–H and O–H groups in total. The Labute approximate surface area is 182 Å². The van der Waals surface area contributed by atoms with Gasteiger partial charge in [-0.2, -0.15) is 0 Å². The van der Waals surface area contributed by atoms with E-state index < -0.39 is 28.2 Å².